The number of thiazole rings is 1. The van der Waals surface area contributed by atoms with E-state index in [2.05, 4.69) is 10.3 Å². The number of nitrogens with one attached hydrogen (secondary N) is 1. The number of nitrogens with two attached hydrogens (primary N) is 1. The largest absolute Gasteiger partial charge is 0.492 e. The molecule has 0 spiro atoms. The fraction of sp³-hybridized carbons (Fsp3) is 0.286. The third-order valence-electron chi connectivity index (χ3n) is 2.61. The van der Waals surface area contributed by atoms with Crippen LogP contribution in [0.15, 0.2) is 29.6 Å². The van der Waals surface area contributed by atoms with E-state index < -0.39 is 0 Å². The summed E-state index contributed by atoms with van der Waals surface area (Å²) in [6.07, 6.45) is 0.692. The minimum atomic E-state index is -0.200. The van der Waals surface area contributed by atoms with Gasteiger partial charge in [0.25, 0.3) is 5.91 Å². The van der Waals surface area contributed by atoms with Crippen molar-refractivity contribution in [2.24, 2.45) is 5.73 Å². The Balaban J connectivity index is 0.00000242. The third kappa shape index (κ3) is 5.81. The van der Waals surface area contributed by atoms with Gasteiger partial charge < -0.3 is 15.8 Å². The number of carbonyl (C=O) groups excluding carboxylic acids is 1. The Morgan fingerprint density at radius 1 is 1.36 bits per heavy atom. The fourth-order valence-electron chi connectivity index (χ4n) is 1.61. The van der Waals surface area contributed by atoms with Crippen LogP contribution in [0.2, 0.25) is 5.02 Å². The molecule has 0 fully saturated rings. The molecule has 0 aliphatic rings. The molecule has 1 heterocycles. The van der Waals surface area contributed by atoms with Gasteiger partial charge in [0.05, 0.1) is 11.6 Å². The molecular weight excluding hydrogens is 345 g/mol. The van der Waals surface area contributed by atoms with Gasteiger partial charge in [0.1, 0.15) is 18.1 Å². The molecule has 0 atom stereocenters. The average Bonchev–Trinajstić information content (AvgIpc) is 2.94. The Morgan fingerprint density at radius 2 is 2.09 bits per heavy atom. The lowest BCUT2D eigenvalue weighted by atomic mass is 10.3. The minimum Gasteiger partial charge on any atom is -0.492 e. The number of ether oxygens (including phenoxy) is 1. The predicted octanol–water partition coefficient (Wildman–Crippen LogP) is 2.53. The van der Waals surface area contributed by atoms with Crippen LogP contribution in [0.5, 0.6) is 5.75 Å². The predicted molar refractivity (Wildman–Crippen MR) is 91.4 cm³/mol. The molecule has 0 aliphatic heterocycles. The van der Waals surface area contributed by atoms with Gasteiger partial charge in [0.2, 0.25) is 0 Å². The number of hydrogen-bond donors (Lipinski definition) is 2. The van der Waals surface area contributed by atoms with Gasteiger partial charge >= 0.3 is 0 Å². The van der Waals surface area contributed by atoms with Gasteiger partial charge in [-0.2, -0.15) is 0 Å². The summed E-state index contributed by atoms with van der Waals surface area (Å²) in [5.41, 5.74) is 5.88. The number of benzene rings is 1. The SMILES string of the molecule is Cl.NCCc1nc(C(=O)NCCOc2ccc(Cl)cc2)cs1. The summed E-state index contributed by atoms with van der Waals surface area (Å²) < 4.78 is 5.48. The highest BCUT2D eigenvalue weighted by molar-refractivity contribution is 7.09. The first kappa shape index (κ1) is 18.7. The van der Waals surface area contributed by atoms with Gasteiger partial charge in [0, 0.05) is 16.8 Å². The van der Waals surface area contributed by atoms with E-state index in [0.29, 0.717) is 42.6 Å². The molecule has 0 radical (unpaired) electrons. The molecule has 1 aromatic heterocycles. The topological polar surface area (TPSA) is 77.2 Å². The fourth-order valence-corrected chi connectivity index (χ4v) is 2.53. The Morgan fingerprint density at radius 3 is 2.77 bits per heavy atom. The van der Waals surface area contributed by atoms with Crippen LogP contribution in [0.25, 0.3) is 0 Å². The second kappa shape index (κ2) is 9.63. The quantitative estimate of drug-likeness (QED) is 0.742. The van der Waals surface area contributed by atoms with Crippen molar-refractivity contribution in [3.05, 3.63) is 45.4 Å². The van der Waals surface area contributed by atoms with E-state index >= 15 is 0 Å². The zero-order valence-electron chi connectivity index (χ0n) is 11.8. The molecule has 5 nitrogen and oxygen atoms in total. The van der Waals surface area contributed by atoms with Crippen LogP contribution in [-0.4, -0.2) is 30.6 Å². The van der Waals surface area contributed by atoms with Gasteiger partial charge in [-0.25, -0.2) is 4.98 Å². The number of amides is 1. The molecule has 1 aromatic carbocycles. The van der Waals surface area contributed by atoms with Gasteiger partial charge in [-0.1, -0.05) is 11.6 Å². The smallest absolute Gasteiger partial charge is 0.270 e. The van der Waals surface area contributed by atoms with Crippen molar-refractivity contribution in [1.82, 2.24) is 10.3 Å². The first-order valence-corrected chi connectivity index (χ1v) is 7.76. The first-order valence-electron chi connectivity index (χ1n) is 6.50. The van der Waals surface area contributed by atoms with E-state index in [9.17, 15) is 4.79 Å². The summed E-state index contributed by atoms with van der Waals surface area (Å²) in [6, 6.07) is 7.07. The summed E-state index contributed by atoms with van der Waals surface area (Å²) in [5, 5.41) is 6.03. The molecule has 0 aliphatic carbocycles. The number of hydrogen-bond acceptors (Lipinski definition) is 5. The van der Waals surface area contributed by atoms with Crippen molar-refractivity contribution in [2.75, 3.05) is 19.7 Å². The molecule has 0 saturated heterocycles. The van der Waals surface area contributed by atoms with E-state index in [1.165, 1.54) is 11.3 Å². The van der Waals surface area contributed by atoms with Crippen molar-refractivity contribution in [3.8, 4) is 5.75 Å². The number of carbonyl (C=O) groups is 1. The van der Waals surface area contributed by atoms with Crippen molar-refractivity contribution >= 4 is 41.3 Å². The maximum absolute atomic E-state index is 11.8. The molecule has 120 valence electrons. The van der Waals surface area contributed by atoms with E-state index in [4.69, 9.17) is 22.1 Å². The maximum Gasteiger partial charge on any atom is 0.270 e. The van der Waals surface area contributed by atoms with Crippen LogP contribution >= 0.6 is 35.3 Å². The minimum absolute atomic E-state index is 0. The lowest BCUT2D eigenvalue weighted by molar-refractivity contribution is 0.0942. The first-order chi connectivity index (χ1) is 10.2. The Hall–Kier alpha value is -1.34. The Kier molecular flexibility index (Phi) is 8.19. The molecule has 2 rings (SSSR count). The number of rotatable bonds is 7. The zero-order chi connectivity index (χ0) is 15.1. The molecule has 0 saturated carbocycles. The van der Waals surface area contributed by atoms with E-state index in [1.54, 1.807) is 29.6 Å². The van der Waals surface area contributed by atoms with Gasteiger partial charge in [-0.05, 0) is 30.8 Å². The van der Waals surface area contributed by atoms with Crippen molar-refractivity contribution in [2.45, 2.75) is 6.42 Å². The summed E-state index contributed by atoms with van der Waals surface area (Å²) in [7, 11) is 0. The van der Waals surface area contributed by atoms with Crippen LogP contribution in [0.1, 0.15) is 15.5 Å². The molecule has 1 amide bonds. The number of aromatic nitrogens is 1. The number of nitrogens with zero attached hydrogens (tertiary/aromatic N) is 1. The Bertz CT molecular complexity index is 590. The van der Waals surface area contributed by atoms with Gasteiger partial charge in [-0.15, -0.1) is 23.7 Å². The summed E-state index contributed by atoms with van der Waals surface area (Å²) >= 11 is 7.22. The lowest BCUT2D eigenvalue weighted by Crippen LogP contribution is -2.28. The summed E-state index contributed by atoms with van der Waals surface area (Å²) in [5.74, 6) is 0.516. The molecule has 0 unspecified atom stereocenters. The van der Waals surface area contributed by atoms with Crippen molar-refractivity contribution in [3.63, 3.8) is 0 Å². The standard InChI is InChI=1S/C14H16ClN3O2S.ClH/c15-10-1-3-11(4-2-10)20-8-7-17-14(19)12-9-21-13(18-12)5-6-16;/h1-4,9H,5-8,16H2,(H,17,19);1H. The average molecular weight is 362 g/mol. The van der Waals surface area contributed by atoms with Crippen LogP contribution in [0.4, 0.5) is 0 Å². The van der Waals surface area contributed by atoms with Gasteiger partial charge in [0.15, 0.2) is 0 Å². The summed E-state index contributed by atoms with van der Waals surface area (Å²) in [6.45, 7) is 1.32. The zero-order valence-corrected chi connectivity index (χ0v) is 14.1. The molecule has 22 heavy (non-hydrogen) atoms. The molecule has 0 bridgehead atoms. The van der Waals surface area contributed by atoms with E-state index in [1.807, 2.05) is 0 Å². The second-order valence-corrected chi connectivity index (χ2v) is 5.60. The Labute approximate surface area is 144 Å². The highest BCUT2D eigenvalue weighted by atomic mass is 35.5. The van der Waals surface area contributed by atoms with Crippen molar-refractivity contribution in [1.29, 1.82) is 0 Å². The highest BCUT2D eigenvalue weighted by Gasteiger charge is 2.09. The normalized spacial score (nSPS) is 9.91. The van der Waals surface area contributed by atoms with Crippen molar-refractivity contribution < 1.29 is 9.53 Å². The summed E-state index contributed by atoms with van der Waals surface area (Å²) in [4.78, 5) is 16.1. The number of halogens is 2. The van der Waals surface area contributed by atoms with E-state index in [0.717, 1.165) is 5.01 Å². The maximum atomic E-state index is 11.8. The van der Waals surface area contributed by atoms with Crippen LogP contribution in [0, 0.1) is 0 Å². The highest BCUT2D eigenvalue weighted by Crippen LogP contribution is 2.15. The third-order valence-corrected chi connectivity index (χ3v) is 3.77. The van der Waals surface area contributed by atoms with Gasteiger partial charge in [-0.3, -0.25) is 4.79 Å². The lowest BCUT2D eigenvalue weighted by Gasteiger charge is -2.06. The second-order valence-electron chi connectivity index (χ2n) is 4.22. The monoisotopic (exact) mass is 361 g/mol. The van der Waals surface area contributed by atoms with Crippen LogP contribution in [-0.2, 0) is 6.42 Å². The molecule has 8 heteroatoms. The van der Waals surface area contributed by atoms with Crippen LogP contribution in [0.3, 0.4) is 0 Å². The molecule has 3 N–H and O–H groups in total. The molecule has 2 aromatic rings. The van der Waals surface area contributed by atoms with Crippen LogP contribution < -0.4 is 15.8 Å². The van der Waals surface area contributed by atoms with E-state index in [-0.39, 0.29) is 18.3 Å². The molecular formula is C14H17Cl2N3O2S.